The van der Waals surface area contributed by atoms with E-state index in [-0.39, 0.29) is 33.9 Å². The largest absolute Gasteiger partial charge is 0.503 e. The van der Waals surface area contributed by atoms with Crippen molar-refractivity contribution in [2.24, 2.45) is 0 Å². The van der Waals surface area contributed by atoms with E-state index in [2.05, 4.69) is 18.8 Å². The number of hydrogen-bond acceptors (Lipinski definition) is 8. The monoisotopic (exact) mass is 480 g/mol. The number of ketones is 1. The first-order chi connectivity index (χ1) is 16.2. The normalized spacial score (nSPS) is 16.0. The van der Waals surface area contributed by atoms with Crippen LogP contribution >= 0.6 is 11.3 Å². The second kappa shape index (κ2) is 9.26. The molecular formula is C25H24N2O6S. The number of anilines is 1. The van der Waals surface area contributed by atoms with E-state index >= 15 is 0 Å². The number of amides is 1. The molecular weight excluding hydrogens is 456 g/mol. The summed E-state index contributed by atoms with van der Waals surface area (Å²) >= 11 is 0.975. The van der Waals surface area contributed by atoms with Gasteiger partial charge in [0.2, 0.25) is 5.78 Å². The lowest BCUT2D eigenvalue weighted by molar-refractivity contribution is -0.117. The molecule has 0 saturated carbocycles. The highest BCUT2D eigenvalue weighted by molar-refractivity contribution is 7.17. The Labute approximate surface area is 200 Å². The first kappa shape index (κ1) is 23.4. The number of ether oxygens (including phenoxy) is 1. The van der Waals surface area contributed by atoms with Gasteiger partial charge in [-0.15, -0.1) is 0 Å². The number of carbonyl (C=O) groups is 3. The van der Waals surface area contributed by atoms with Gasteiger partial charge < -0.3 is 14.3 Å². The molecule has 1 aromatic carbocycles. The van der Waals surface area contributed by atoms with Gasteiger partial charge in [0.25, 0.3) is 5.91 Å². The summed E-state index contributed by atoms with van der Waals surface area (Å²) in [4.78, 5) is 44.8. The number of aryl methyl sites for hydroxylation is 1. The van der Waals surface area contributed by atoms with E-state index in [4.69, 9.17) is 9.15 Å². The van der Waals surface area contributed by atoms with E-state index in [1.807, 2.05) is 24.3 Å². The minimum absolute atomic E-state index is 0.00234. The molecule has 1 aliphatic heterocycles. The van der Waals surface area contributed by atoms with Crippen LogP contribution in [-0.2, 0) is 9.53 Å². The van der Waals surface area contributed by atoms with Crippen molar-refractivity contribution < 1.29 is 28.6 Å². The molecule has 0 saturated heterocycles. The molecule has 0 radical (unpaired) electrons. The van der Waals surface area contributed by atoms with Gasteiger partial charge in [-0.1, -0.05) is 49.4 Å². The van der Waals surface area contributed by atoms with Gasteiger partial charge >= 0.3 is 5.97 Å². The molecule has 3 aromatic rings. The SMILES string of the molecule is CCOC(=O)c1sc(N2C(=O)C(O)=C(C(=O)c3ccco3)[C@H]2c2ccc(C(C)C)cc2)nc1C. The predicted molar refractivity (Wildman–Crippen MR) is 126 cm³/mol. The fourth-order valence-electron chi connectivity index (χ4n) is 3.82. The van der Waals surface area contributed by atoms with Crippen LogP contribution in [0.4, 0.5) is 5.13 Å². The number of thiazole rings is 1. The fourth-order valence-corrected chi connectivity index (χ4v) is 4.81. The first-order valence-corrected chi connectivity index (χ1v) is 11.7. The maximum absolute atomic E-state index is 13.3. The van der Waals surface area contributed by atoms with Gasteiger partial charge in [0.05, 0.1) is 30.2 Å². The van der Waals surface area contributed by atoms with E-state index in [1.54, 1.807) is 19.9 Å². The average Bonchev–Trinajstić information content (AvgIpc) is 3.53. The number of furan rings is 1. The Hall–Kier alpha value is -3.72. The van der Waals surface area contributed by atoms with Crippen molar-refractivity contribution in [3.63, 3.8) is 0 Å². The van der Waals surface area contributed by atoms with E-state index in [0.29, 0.717) is 11.3 Å². The van der Waals surface area contributed by atoms with Gasteiger partial charge in [-0.2, -0.15) is 0 Å². The van der Waals surface area contributed by atoms with E-state index in [9.17, 15) is 19.5 Å². The molecule has 0 aliphatic carbocycles. The number of benzene rings is 1. The van der Waals surface area contributed by atoms with Crippen LogP contribution in [0.3, 0.4) is 0 Å². The number of hydrogen-bond donors (Lipinski definition) is 1. The zero-order chi connectivity index (χ0) is 24.6. The Morgan fingerprint density at radius 1 is 1.24 bits per heavy atom. The molecule has 0 bridgehead atoms. The number of nitrogens with zero attached hydrogens (tertiary/aromatic N) is 2. The number of aromatic nitrogens is 1. The van der Waals surface area contributed by atoms with E-state index in [0.717, 1.165) is 16.9 Å². The molecule has 1 atom stereocenters. The van der Waals surface area contributed by atoms with Gasteiger partial charge in [-0.05, 0) is 43.0 Å². The van der Waals surface area contributed by atoms with Crippen LogP contribution in [0, 0.1) is 6.92 Å². The van der Waals surface area contributed by atoms with Gasteiger partial charge in [-0.3, -0.25) is 14.5 Å². The van der Waals surface area contributed by atoms with Crippen molar-refractivity contribution in [1.29, 1.82) is 0 Å². The predicted octanol–water partition coefficient (Wildman–Crippen LogP) is 5.13. The Balaban J connectivity index is 1.84. The minimum atomic E-state index is -0.952. The van der Waals surface area contributed by atoms with E-state index in [1.165, 1.54) is 17.2 Å². The summed E-state index contributed by atoms with van der Waals surface area (Å²) in [5.41, 5.74) is 1.98. The molecule has 2 aromatic heterocycles. The van der Waals surface area contributed by atoms with Crippen molar-refractivity contribution in [2.45, 2.75) is 39.7 Å². The number of esters is 1. The first-order valence-electron chi connectivity index (χ1n) is 10.8. The lowest BCUT2D eigenvalue weighted by atomic mass is 9.93. The second-order valence-electron chi connectivity index (χ2n) is 8.10. The molecule has 1 amide bonds. The maximum atomic E-state index is 13.3. The van der Waals surface area contributed by atoms with Crippen molar-refractivity contribution in [2.75, 3.05) is 11.5 Å². The zero-order valence-electron chi connectivity index (χ0n) is 19.2. The van der Waals surface area contributed by atoms with Crippen LogP contribution < -0.4 is 4.90 Å². The second-order valence-corrected chi connectivity index (χ2v) is 9.08. The third-order valence-corrected chi connectivity index (χ3v) is 6.71. The summed E-state index contributed by atoms with van der Waals surface area (Å²) < 4.78 is 10.3. The Kier molecular flexibility index (Phi) is 6.39. The van der Waals surface area contributed by atoms with E-state index < -0.39 is 29.5 Å². The summed E-state index contributed by atoms with van der Waals surface area (Å²) in [7, 11) is 0. The van der Waals surface area contributed by atoms with Gasteiger partial charge in [-0.25, -0.2) is 9.78 Å². The quantitative estimate of drug-likeness (QED) is 0.369. The zero-order valence-corrected chi connectivity index (χ0v) is 20.0. The Morgan fingerprint density at radius 2 is 1.94 bits per heavy atom. The fraction of sp³-hybridized carbons (Fsp3) is 0.280. The highest BCUT2D eigenvalue weighted by atomic mass is 32.1. The van der Waals surface area contributed by atoms with Gasteiger partial charge in [0, 0.05) is 0 Å². The summed E-state index contributed by atoms with van der Waals surface area (Å²) in [6.45, 7) is 7.66. The molecule has 0 fully saturated rings. The molecule has 34 heavy (non-hydrogen) atoms. The molecule has 3 heterocycles. The summed E-state index contributed by atoms with van der Waals surface area (Å²) in [5, 5.41) is 11.0. The Morgan fingerprint density at radius 3 is 2.53 bits per heavy atom. The van der Waals surface area contributed by atoms with Gasteiger partial charge in [0.1, 0.15) is 4.88 Å². The van der Waals surface area contributed by atoms with Crippen molar-refractivity contribution in [3.05, 3.63) is 81.5 Å². The topological polar surface area (TPSA) is 110 Å². The van der Waals surface area contributed by atoms with Crippen LogP contribution in [0.5, 0.6) is 0 Å². The van der Waals surface area contributed by atoms with Crippen LogP contribution in [0.15, 0.2) is 58.4 Å². The lowest BCUT2D eigenvalue weighted by Crippen LogP contribution is -2.31. The molecule has 9 heteroatoms. The number of aliphatic hydroxyl groups excluding tert-OH is 1. The maximum Gasteiger partial charge on any atom is 0.350 e. The summed E-state index contributed by atoms with van der Waals surface area (Å²) in [6.07, 6.45) is 1.35. The molecule has 1 aliphatic rings. The molecule has 1 N–H and O–H groups in total. The van der Waals surface area contributed by atoms with Crippen molar-refractivity contribution in [3.8, 4) is 0 Å². The molecule has 0 spiro atoms. The summed E-state index contributed by atoms with van der Waals surface area (Å²) in [5.74, 6) is -2.31. The van der Waals surface area contributed by atoms with Gasteiger partial charge in [0.15, 0.2) is 16.7 Å². The molecule has 4 rings (SSSR count). The number of rotatable bonds is 7. The standard InChI is InChI=1S/C25H24N2O6S/c1-5-32-24(31)22-14(4)26-25(34-22)27-19(16-10-8-15(9-11-16)13(2)3)18(21(29)23(27)30)20(28)17-7-6-12-33-17/h6-13,19,29H,5H2,1-4H3/t19-/m1/s1. The van der Waals surface area contributed by atoms with Crippen LogP contribution in [0.2, 0.25) is 0 Å². The smallest absolute Gasteiger partial charge is 0.350 e. The number of aliphatic hydroxyl groups is 1. The van der Waals surface area contributed by atoms with Crippen LogP contribution in [0.1, 0.15) is 69.8 Å². The molecule has 8 nitrogen and oxygen atoms in total. The third kappa shape index (κ3) is 4.03. The third-order valence-electron chi connectivity index (χ3n) is 5.57. The lowest BCUT2D eigenvalue weighted by Gasteiger charge is -2.24. The van der Waals surface area contributed by atoms with Crippen LogP contribution in [0.25, 0.3) is 0 Å². The number of carbonyl (C=O) groups excluding carboxylic acids is 3. The Bertz CT molecular complexity index is 1270. The summed E-state index contributed by atoms with van der Waals surface area (Å²) in [6, 6.07) is 9.56. The minimum Gasteiger partial charge on any atom is -0.503 e. The highest BCUT2D eigenvalue weighted by Crippen LogP contribution is 2.44. The molecule has 176 valence electrons. The van der Waals surface area contributed by atoms with Crippen molar-refractivity contribution in [1.82, 2.24) is 4.98 Å². The van der Waals surface area contributed by atoms with Crippen LogP contribution in [-0.4, -0.2) is 34.4 Å². The highest BCUT2D eigenvalue weighted by Gasteiger charge is 2.46. The molecule has 0 unspecified atom stereocenters. The van der Waals surface area contributed by atoms with Crippen molar-refractivity contribution >= 4 is 34.1 Å². The number of Topliss-reactive ketones (excluding diaryl/α,β-unsaturated/α-hetero) is 1. The average molecular weight is 481 g/mol.